The summed E-state index contributed by atoms with van der Waals surface area (Å²) in [6, 6.07) is 1.69. The van der Waals surface area contributed by atoms with Gasteiger partial charge in [0.25, 0.3) is 0 Å². The lowest BCUT2D eigenvalue weighted by molar-refractivity contribution is -0.154. The van der Waals surface area contributed by atoms with Crippen LogP contribution in [0.15, 0.2) is 49.1 Å². The smallest absolute Gasteiger partial charge is 0.337 e. The molecular formula is C18H23NO6. The van der Waals surface area contributed by atoms with Crippen LogP contribution in [0.25, 0.3) is 0 Å². The number of nitriles is 1. The normalized spacial score (nSPS) is 9.84. The van der Waals surface area contributed by atoms with Gasteiger partial charge in [0.05, 0.1) is 18.2 Å². The molecule has 0 saturated carbocycles. The molecule has 0 fully saturated rings. The Labute approximate surface area is 147 Å². The van der Waals surface area contributed by atoms with Crippen molar-refractivity contribution in [3.05, 3.63) is 49.1 Å². The molecule has 0 aromatic carbocycles. The Morgan fingerprint density at radius 1 is 1.04 bits per heavy atom. The van der Waals surface area contributed by atoms with Gasteiger partial charge in [-0.3, -0.25) is 0 Å². The average molecular weight is 349 g/mol. The number of carbonyl (C=O) groups excluding carboxylic acids is 3. The highest BCUT2D eigenvalue weighted by molar-refractivity contribution is 5.92. The average Bonchev–Trinajstić information content (AvgIpc) is 2.57. The molecular weight excluding hydrogens is 326 g/mol. The lowest BCUT2D eigenvalue weighted by atomic mass is 10.1. The van der Waals surface area contributed by atoms with Crippen molar-refractivity contribution in [1.29, 1.82) is 5.26 Å². The fourth-order valence-electron chi connectivity index (χ4n) is 1.07. The third-order valence-corrected chi connectivity index (χ3v) is 2.33. The third-order valence-electron chi connectivity index (χ3n) is 2.33. The largest absolute Gasteiger partial charge is 0.463 e. The molecule has 0 aliphatic rings. The van der Waals surface area contributed by atoms with Crippen LogP contribution in [-0.4, -0.2) is 37.2 Å². The number of nitrogens with zero attached hydrogens (tertiary/aromatic N) is 1. The van der Waals surface area contributed by atoms with Gasteiger partial charge in [-0.15, -0.1) is 0 Å². The molecule has 0 heterocycles. The predicted molar refractivity (Wildman–Crippen MR) is 92.1 cm³/mol. The van der Waals surface area contributed by atoms with Crippen molar-refractivity contribution in [3.8, 4) is 6.07 Å². The Kier molecular flexibility index (Phi) is 12.8. The number of carbonyl (C=O) groups is 3. The fourth-order valence-corrected chi connectivity index (χ4v) is 1.07. The molecule has 0 aromatic heterocycles. The van der Waals surface area contributed by atoms with Crippen LogP contribution >= 0.6 is 0 Å². The van der Waals surface area contributed by atoms with E-state index < -0.39 is 24.0 Å². The van der Waals surface area contributed by atoms with E-state index in [1.165, 1.54) is 19.9 Å². The maximum Gasteiger partial charge on any atom is 0.337 e. The first kappa shape index (κ1) is 24.1. The van der Waals surface area contributed by atoms with Crippen molar-refractivity contribution >= 4 is 17.9 Å². The lowest BCUT2D eigenvalue weighted by Crippen LogP contribution is -2.31. The molecule has 136 valence electrons. The Hall–Kier alpha value is -3.14. The summed E-state index contributed by atoms with van der Waals surface area (Å²) in [4.78, 5) is 34.5. The van der Waals surface area contributed by atoms with Crippen LogP contribution in [0.4, 0.5) is 0 Å². The van der Waals surface area contributed by atoms with Gasteiger partial charge in [-0.2, -0.15) is 5.26 Å². The first-order valence-electron chi connectivity index (χ1n) is 7.17. The highest BCUT2D eigenvalue weighted by atomic mass is 16.6. The van der Waals surface area contributed by atoms with Crippen LogP contribution in [-0.2, 0) is 28.6 Å². The van der Waals surface area contributed by atoms with Gasteiger partial charge in [-0.1, -0.05) is 26.3 Å². The van der Waals surface area contributed by atoms with Crippen molar-refractivity contribution in [3.63, 3.8) is 0 Å². The van der Waals surface area contributed by atoms with Crippen LogP contribution < -0.4 is 0 Å². The van der Waals surface area contributed by atoms with Crippen LogP contribution in [0.5, 0.6) is 0 Å². The Bertz CT molecular complexity index is 597. The Balaban J connectivity index is 0. The summed E-state index contributed by atoms with van der Waals surface area (Å²) < 4.78 is 14.7. The summed E-state index contributed by atoms with van der Waals surface area (Å²) in [6.07, 6.45) is 0.0385. The van der Waals surface area contributed by atoms with E-state index >= 15 is 0 Å². The molecule has 1 unspecified atom stereocenters. The molecule has 0 N–H and O–H groups in total. The quantitative estimate of drug-likeness (QED) is 0.287. The van der Waals surface area contributed by atoms with E-state index in [2.05, 4.69) is 26.3 Å². The minimum atomic E-state index is -1.14. The number of esters is 3. The Morgan fingerprint density at radius 3 is 1.88 bits per heavy atom. The van der Waals surface area contributed by atoms with Gasteiger partial charge in [0.15, 0.2) is 6.10 Å². The maximum absolute atomic E-state index is 11.6. The summed E-state index contributed by atoms with van der Waals surface area (Å²) in [5, 5.41) is 7.51. The van der Waals surface area contributed by atoms with E-state index in [9.17, 15) is 14.4 Å². The highest BCUT2D eigenvalue weighted by Crippen LogP contribution is 2.11. The SMILES string of the molecule is C=C(C)C(=O)OCC(OC(=O)C(=C)C)C(=C)C(=O)OCC.C=CC#N. The van der Waals surface area contributed by atoms with E-state index in [1.807, 2.05) is 0 Å². The lowest BCUT2D eigenvalue weighted by Gasteiger charge is -2.19. The molecule has 0 spiro atoms. The first-order valence-corrected chi connectivity index (χ1v) is 7.17. The van der Waals surface area contributed by atoms with Crippen molar-refractivity contribution in [2.24, 2.45) is 0 Å². The summed E-state index contributed by atoms with van der Waals surface area (Å²) in [6.45, 7) is 17.8. The fraction of sp³-hybridized carbons (Fsp3) is 0.333. The molecule has 0 saturated heterocycles. The molecule has 0 aliphatic heterocycles. The van der Waals surface area contributed by atoms with Crippen molar-refractivity contribution in [2.75, 3.05) is 13.2 Å². The second kappa shape index (κ2) is 13.3. The number of allylic oxidation sites excluding steroid dienone is 1. The minimum Gasteiger partial charge on any atom is -0.463 e. The van der Waals surface area contributed by atoms with E-state index in [1.54, 1.807) is 13.0 Å². The standard InChI is InChI=1S/C15H20O6.C3H3N/c1-7-19-15(18)11(6)12(21-14(17)10(4)5)8-20-13(16)9(2)3;1-2-3-4/h12H,2,4,6-8H2,1,3,5H3;2H,1H2. The molecule has 7 nitrogen and oxygen atoms in total. The molecule has 7 heteroatoms. The number of hydrogen-bond acceptors (Lipinski definition) is 7. The van der Waals surface area contributed by atoms with Crippen LogP contribution in [0.1, 0.15) is 20.8 Å². The van der Waals surface area contributed by atoms with Gasteiger partial charge in [-0.25, -0.2) is 14.4 Å². The molecule has 0 amide bonds. The monoisotopic (exact) mass is 349 g/mol. The summed E-state index contributed by atoms with van der Waals surface area (Å²) in [5.41, 5.74) is 0.200. The topological polar surface area (TPSA) is 103 Å². The van der Waals surface area contributed by atoms with Crippen molar-refractivity contribution in [2.45, 2.75) is 26.9 Å². The van der Waals surface area contributed by atoms with Gasteiger partial charge in [0.2, 0.25) is 0 Å². The van der Waals surface area contributed by atoms with Gasteiger partial charge >= 0.3 is 17.9 Å². The first-order chi connectivity index (χ1) is 11.6. The summed E-state index contributed by atoms with van der Waals surface area (Å²) >= 11 is 0. The number of ether oxygens (including phenoxy) is 3. The van der Waals surface area contributed by atoms with Gasteiger partial charge in [-0.05, 0) is 20.8 Å². The van der Waals surface area contributed by atoms with E-state index in [0.717, 1.165) is 0 Å². The van der Waals surface area contributed by atoms with E-state index in [0.29, 0.717) is 0 Å². The zero-order valence-corrected chi connectivity index (χ0v) is 14.8. The zero-order valence-electron chi connectivity index (χ0n) is 14.8. The van der Waals surface area contributed by atoms with Gasteiger partial charge in [0.1, 0.15) is 6.61 Å². The number of rotatable bonds is 8. The molecule has 25 heavy (non-hydrogen) atoms. The zero-order chi connectivity index (χ0) is 20.0. The molecule has 0 radical (unpaired) electrons. The number of hydrogen-bond donors (Lipinski definition) is 0. The molecule has 0 rings (SSSR count). The predicted octanol–water partition coefficient (Wildman–Crippen LogP) is 2.41. The molecule has 0 bridgehead atoms. The highest BCUT2D eigenvalue weighted by Gasteiger charge is 2.26. The van der Waals surface area contributed by atoms with E-state index in [4.69, 9.17) is 19.5 Å². The van der Waals surface area contributed by atoms with Gasteiger partial charge in [0, 0.05) is 17.2 Å². The van der Waals surface area contributed by atoms with Crippen LogP contribution in [0.3, 0.4) is 0 Å². The molecule has 0 aliphatic carbocycles. The summed E-state index contributed by atoms with van der Waals surface area (Å²) in [5.74, 6) is -2.12. The Morgan fingerprint density at radius 2 is 1.52 bits per heavy atom. The van der Waals surface area contributed by atoms with Crippen molar-refractivity contribution < 1.29 is 28.6 Å². The molecule has 1 atom stereocenters. The minimum absolute atomic E-state index is 0.124. The van der Waals surface area contributed by atoms with Crippen molar-refractivity contribution in [1.82, 2.24) is 0 Å². The second-order valence-electron chi connectivity index (χ2n) is 4.63. The van der Waals surface area contributed by atoms with Crippen LogP contribution in [0, 0.1) is 11.3 Å². The van der Waals surface area contributed by atoms with Crippen LogP contribution in [0.2, 0.25) is 0 Å². The summed E-state index contributed by atoms with van der Waals surface area (Å²) in [7, 11) is 0. The third kappa shape index (κ3) is 11.1. The second-order valence-corrected chi connectivity index (χ2v) is 4.63. The molecule has 0 aromatic rings. The van der Waals surface area contributed by atoms with E-state index in [-0.39, 0.29) is 29.9 Å². The van der Waals surface area contributed by atoms with Gasteiger partial charge < -0.3 is 14.2 Å². The maximum atomic E-state index is 11.6.